The third kappa shape index (κ3) is 1.28. The number of aromatic nitrogens is 4. The van der Waals surface area contributed by atoms with Gasteiger partial charge in [0, 0.05) is 25.1 Å². The van der Waals surface area contributed by atoms with Crippen LogP contribution in [0, 0.1) is 0 Å². The summed E-state index contributed by atoms with van der Waals surface area (Å²) in [5, 5.41) is 4.14. The van der Waals surface area contributed by atoms with E-state index in [0.29, 0.717) is 5.95 Å². The fourth-order valence-electron chi connectivity index (χ4n) is 1.18. The third-order valence-electron chi connectivity index (χ3n) is 1.89. The van der Waals surface area contributed by atoms with E-state index in [1.165, 1.54) is 0 Å². The highest BCUT2D eigenvalue weighted by Gasteiger charge is 2.02. The Hall–Kier alpha value is -1.78. The molecule has 0 saturated carbocycles. The first-order valence-electron chi connectivity index (χ1n) is 4.13. The summed E-state index contributed by atoms with van der Waals surface area (Å²) in [6, 6.07) is 0. The lowest BCUT2D eigenvalue weighted by Crippen LogP contribution is -1.98. The van der Waals surface area contributed by atoms with E-state index in [9.17, 15) is 0 Å². The Kier molecular flexibility index (Phi) is 1.77. The molecule has 2 N–H and O–H groups in total. The average molecular weight is 177 g/mol. The van der Waals surface area contributed by atoms with Crippen molar-refractivity contribution in [3.63, 3.8) is 0 Å². The van der Waals surface area contributed by atoms with Crippen molar-refractivity contribution in [3.05, 3.63) is 24.8 Å². The number of imidazole rings is 1. The Morgan fingerprint density at radius 2 is 2.38 bits per heavy atom. The zero-order valence-corrected chi connectivity index (χ0v) is 7.38. The zero-order chi connectivity index (χ0) is 9.26. The van der Waals surface area contributed by atoms with Gasteiger partial charge in [-0.25, -0.2) is 4.98 Å². The number of nitrogens with two attached hydrogens (primary N) is 1. The molecule has 0 bridgehead atoms. The van der Waals surface area contributed by atoms with Crippen molar-refractivity contribution in [1.82, 2.24) is 19.3 Å². The molecule has 0 unspecified atom stereocenters. The van der Waals surface area contributed by atoms with Crippen LogP contribution in [0.3, 0.4) is 0 Å². The molecule has 2 heterocycles. The van der Waals surface area contributed by atoms with E-state index in [0.717, 1.165) is 12.2 Å². The van der Waals surface area contributed by atoms with Gasteiger partial charge in [-0.2, -0.15) is 5.10 Å². The molecule has 2 aromatic heterocycles. The maximum absolute atomic E-state index is 5.64. The molecule has 0 fully saturated rings. The van der Waals surface area contributed by atoms with Crippen LogP contribution >= 0.6 is 0 Å². The van der Waals surface area contributed by atoms with Gasteiger partial charge in [-0.05, 0) is 6.92 Å². The van der Waals surface area contributed by atoms with Gasteiger partial charge in [0.25, 0.3) is 0 Å². The second-order valence-electron chi connectivity index (χ2n) is 2.71. The van der Waals surface area contributed by atoms with Crippen molar-refractivity contribution < 1.29 is 0 Å². The second-order valence-corrected chi connectivity index (χ2v) is 2.71. The molecule has 0 aliphatic carbocycles. The SMILES string of the molecule is CCn1cc(-n2ccnc2N)cn1. The van der Waals surface area contributed by atoms with Crippen LogP contribution in [-0.4, -0.2) is 19.3 Å². The molecule has 0 amide bonds. The van der Waals surface area contributed by atoms with E-state index >= 15 is 0 Å². The molecule has 0 atom stereocenters. The standard InChI is InChI=1S/C8H11N5/c1-2-12-6-7(5-11-12)13-4-3-10-8(13)9/h3-6H,2H2,1H3,(H2,9,10). The molecule has 0 saturated heterocycles. The first-order chi connectivity index (χ1) is 6.31. The molecule has 5 nitrogen and oxygen atoms in total. The fourth-order valence-corrected chi connectivity index (χ4v) is 1.18. The smallest absolute Gasteiger partial charge is 0.204 e. The maximum atomic E-state index is 5.64. The van der Waals surface area contributed by atoms with Crippen LogP contribution in [0.4, 0.5) is 5.95 Å². The van der Waals surface area contributed by atoms with Crippen LogP contribution in [0.2, 0.25) is 0 Å². The second kappa shape index (κ2) is 2.93. The van der Waals surface area contributed by atoms with E-state index in [-0.39, 0.29) is 0 Å². The highest BCUT2D eigenvalue weighted by molar-refractivity contribution is 5.35. The minimum absolute atomic E-state index is 0.482. The van der Waals surface area contributed by atoms with E-state index in [2.05, 4.69) is 10.1 Å². The molecule has 2 aromatic rings. The number of aryl methyl sites for hydroxylation is 1. The molecule has 2 rings (SSSR count). The molecule has 0 radical (unpaired) electrons. The lowest BCUT2D eigenvalue weighted by atomic mass is 10.5. The van der Waals surface area contributed by atoms with Crippen LogP contribution < -0.4 is 5.73 Å². The summed E-state index contributed by atoms with van der Waals surface area (Å²) in [5.41, 5.74) is 6.58. The van der Waals surface area contributed by atoms with Gasteiger partial charge < -0.3 is 5.73 Å². The van der Waals surface area contributed by atoms with Crippen molar-refractivity contribution in [2.24, 2.45) is 0 Å². The number of anilines is 1. The normalized spacial score (nSPS) is 10.5. The summed E-state index contributed by atoms with van der Waals surface area (Å²) >= 11 is 0. The van der Waals surface area contributed by atoms with Gasteiger partial charge in [-0.1, -0.05) is 0 Å². The summed E-state index contributed by atoms with van der Waals surface area (Å²) in [4.78, 5) is 3.93. The van der Waals surface area contributed by atoms with Crippen molar-refractivity contribution in [2.75, 3.05) is 5.73 Å². The Bertz CT molecular complexity index is 400. The van der Waals surface area contributed by atoms with Crippen LogP contribution in [0.15, 0.2) is 24.8 Å². The van der Waals surface area contributed by atoms with E-state index in [1.807, 2.05) is 24.0 Å². The minimum atomic E-state index is 0.482. The number of hydrogen-bond acceptors (Lipinski definition) is 3. The molecule has 0 spiro atoms. The Labute approximate surface area is 75.8 Å². The maximum Gasteiger partial charge on any atom is 0.204 e. The van der Waals surface area contributed by atoms with Gasteiger partial charge in [-0.3, -0.25) is 9.25 Å². The van der Waals surface area contributed by atoms with Crippen molar-refractivity contribution in [2.45, 2.75) is 13.5 Å². The molecule has 0 aliphatic rings. The Balaban J connectivity index is 2.41. The number of hydrogen-bond donors (Lipinski definition) is 1. The lowest BCUT2D eigenvalue weighted by Gasteiger charge is -1.98. The topological polar surface area (TPSA) is 61.7 Å². The first-order valence-corrected chi connectivity index (χ1v) is 4.13. The van der Waals surface area contributed by atoms with E-state index in [1.54, 1.807) is 17.0 Å². The quantitative estimate of drug-likeness (QED) is 0.733. The molecular formula is C8H11N5. The van der Waals surface area contributed by atoms with Crippen molar-refractivity contribution >= 4 is 5.95 Å². The Morgan fingerprint density at radius 3 is 2.92 bits per heavy atom. The van der Waals surface area contributed by atoms with Crippen molar-refractivity contribution in [3.8, 4) is 5.69 Å². The molecule has 68 valence electrons. The van der Waals surface area contributed by atoms with Crippen LogP contribution in [0.1, 0.15) is 6.92 Å². The largest absolute Gasteiger partial charge is 0.369 e. The van der Waals surface area contributed by atoms with E-state index < -0.39 is 0 Å². The molecule has 0 aliphatic heterocycles. The highest BCUT2D eigenvalue weighted by Crippen LogP contribution is 2.10. The summed E-state index contributed by atoms with van der Waals surface area (Å²) in [6.45, 7) is 2.89. The summed E-state index contributed by atoms with van der Waals surface area (Å²) in [5.74, 6) is 0.482. The predicted octanol–water partition coefficient (Wildman–Crippen LogP) is 0.671. The van der Waals surface area contributed by atoms with Gasteiger partial charge >= 0.3 is 0 Å². The van der Waals surface area contributed by atoms with Gasteiger partial charge in [0.15, 0.2) is 0 Å². The van der Waals surface area contributed by atoms with Gasteiger partial charge in [0.1, 0.15) is 0 Å². The molecule has 0 aromatic carbocycles. The molecular weight excluding hydrogens is 166 g/mol. The van der Waals surface area contributed by atoms with Gasteiger partial charge in [0.2, 0.25) is 5.95 Å². The summed E-state index contributed by atoms with van der Waals surface area (Å²) < 4.78 is 3.63. The number of rotatable bonds is 2. The molecule has 5 heteroatoms. The van der Waals surface area contributed by atoms with Crippen LogP contribution in [0.5, 0.6) is 0 Å². The van der Waals surface area contributed by atoms with E-state index in [4.69, 9.17) is 5.73 Å². The lowest BCUT2D eigenvalue weighted by molar-refractivity contribution is 0.659. The minimum Gasteiger partial charge on any atom is -0.369 e. The van der Waals surface area contributed by atoms with Crippen LogP contribution in [-0.2, 0) is 6.54 Å². The van der Waals surface area contributed by atoms with Gasteiger partial charge in [0.05, 0.1) is 11.9 Å². The van der Waals surface area contributed by atoms with Gasteiger partial charge in [-0.15, -0.1) is 0 Å². The Morgan fingerprint density at radius 1 is 1.54 bits per heavy atom. The summed E-state index contributed by atoms with van der Waals surface area (Å²) in [6.07, 6.45) is 7.17. The molecule has 13 heavy (non-hydrogen) atoms. The predicted molar refractivity (Wildman–Crippen MR) is 49.4 cm³/mol. The number of nitrogens with zero attached hydrogens (tertiary/aromatic N) is 4. The fraction of sp³-hybridized carbons (Fsp3) is 0.250. The van der Waals surface area contributed by atoms with Crippen LogP contribution in [0.25, 0.3) is 5.69 Å². The average Bonchev–Trinajstić information content (AvgIpc) is 2.71. The third-order valence-corrected chi connectivity index (χ3v) is 1.89. The summed E-state index contributed by atoms with van der Waals surface area (Å²) in [7, 11) is 0. The zero-order valence-electron chi connectivity index (χ0n) is 7.38. The highest BCUT2D eigenvalue weighted by atomic mass is 15.3. The number of nitrogen functional groups attached to an aromatic ring is 1. The monoisotopic (exact) mass is 177 g/mol. The first kappa shape index (κ1) is 7.85. The van der Waals surface area contributed by atoms with Crippen molar-refractivity contribution in [1.29, 1.82) is 0 Å².